The molecule has 2 aromatic rings. The van der Waals surface area contributed by atoms with Crippen molar-refractivity contribution in [2.75, 3.05) is 26.7 Å². The lowest BCUT2D eigenvalue weighted by atomic mass is 10.1. The van der Waals surface area contributed by atoms with Crippen molar-refractivity contribution in [2.24, 2.45) is 0 Å². The zero-order chi connectivity index (χ0) is 19.4. The Morgan fingerprint density at radius 1 is 1.15 bits per heavy atom. The number of ether oxygens (including phenoxy) is 1. The van der Waals surface area contributed by atoms with Gasteiger partial charge < -0.3 is 14.5 Å². The van der Waals surface area contributed by atoms with Crippen LogP contribution in [0.1, 0.15) is 16.7 Å². The van der Waals surface area contributed by atoms with E-state index in [4.69, 9.17) is 10.00 Å². The number of nitriles is 1. The number of nitrogens with zero attached hydrogens (tertiary/aromatic N) is 3. The van der Waals surface area contributed by atoms with E-state index in [1.165, 1.54) is 0 Å². The maximum Gasteiger partial charge on any atom is 0.241 e. The molecular formula is C21H21N3O3. The fraction of sp³-hybridized carbons (Fsp3) is 0.286. The monoisotopic (exact) mass is 363 g/mol. The molecule has 1 aliphatic heterocycles. The summed E-state index contributed by atoms with van der Waals surface area (Å²) in [4.78, 5) is 27.4. The SMILES string of the molecule is Cc1cc(Oc2ccc(CC(=O)N3CCN(C)C(=O)C3)cc2)ccc1C#N. The quantitative estimate of drug-likeness (QED) is 0.837. The number of piperazine rings is 1. The first-order chi connectivity index (χ1) is 13.0. The topological polar surface area (TPSA) is 73.6 Å². The van der Waals surface area contributed by atoms with E-state index in [2.05, 4.69) is 6.07 Å². The summed E-state index contributed by atoms with van der Waals surface area (Å²) in [5.74, 6) is 1.24. The van der Waals surface area contributed by atoms with Crippen LogP contribution in [0, 0.1) is 18.3 Å². The normalized spacial score (nSPS) is 14.0. The highest BCUT2D eigenvalue weighted by atomic mass is 16.5. The number of carbonyl (C=O) groups is 2. The van der Waals surface area contributed by atoms with Crippen molar-refractivity contribution in [3.63, 3.8) is 0 Å². The summed E-state index contributed by atoms with van der Waals surface area (Å²) in [5.41, 5.74) is 2.35. The molecular weight excluding hydrogens is 342 g/mol. The van der Waals surface area contributed by atoms with Gasteiger partial charge in [-0.15, -0.1) is 0 Å². The fourth-order valence-electron chi connectivity index (χ4n) is 2.89. The van der Waals surface area contributed by atoms with Gasteiger partial charge in [0.1, 0.15) is 11.5 Å². The maximum absolute atomic E-state index is 12.4. The molecule has 0 atom stereocenters. The average molecular weight is 363 g/mol. The van der Waals surface area contributed by atoms with Crippen LogP contribution in [0.3, 0.4) is 0 Å². The summed E-state index contributed by atoms with van der Waals surface area (Å²) in [6.45, 7) is 3.15. The first kappa shape index (κ1) is 18.5. The van der Waals surface area contributed by atoms with Crippen LogP contribution in [0.15, 0.2) is 42.5 Å². The van der Waals surface area contributed by atoms with Crippen LogP contribution in [-0.4, -0.2) is 48.3 Å². The second-order valence-electron chi connectivity index (χ2n) is 6.64. The Labute approximate surface area is 158 Å². The molecule has 2 aromatic carbocycles. The minimum atomic E-state index is -0.0483. The van der Waals surface area contributed by atoms with E-state index in [0.29, 0.717) is 30.2 Å². The Kier molecular flexibility index (Phi) is 5.41. The van der Waals surface area contributed by atoms with Gasteiger partial charge in [0, 0.05) is 20.1 Å². The van der Waals surface area contributed by atoms with E-state index < -0.39 is 0 Å². The second kappa shape index (κ2) is 7.92. The lowest BCUT2D eigenvalue weighted by molar-refractivity contribution is -0.143. The van der Waals surface area contributed by atoms with Gasteiger partial charge in [-0.2, -0.15) is 5.26 Å². The summed E-state index contributed by atoms with van der Waals surface area (Å²) in [6.07, 6.45) is 0.257. The van der Waals surface area contributed by atoms with Gasteiger partial charge in [0.05, 0.1) is 24.6 Å². The Morgan fingerprint density at radius 3 is 2.48 bits per heavy atom. The first-order valence-corrected chi connectivity index (χ1v) is 8.75. The van der Waals surface area contributed by atoms with Crippen LogP contribution >= 0.6 is 0 Å². The predicted octanol–water partition coefficient (Wildman–Crippen LogP) is 2.50. The van der Waals surface area contributed by atoms with Gasteiger partial charge in [-0.25, -0.2) is 0 Å². The van der Waals surface area contributed by atoms with Crippen LogP contribution in [0.5, 0.6) is 11.5 Å². The molecule has 1 fully saturated rings. The highest BCUT2D eigenvalue weighted by Crippen LogP contribution is 2.24. The molecule has 2 amide bonds. The van der Waals surface area contributed by atoms with E-state index in [1.54, 1.807) is 29.0 Å². The molecule has 1 saturated heterocycles. The average Bonchev–Trinajstić information content (AvgIpc) is 2.65. The number of carbonyl (C=O) groups excluding carboxylic acids is 2. The summed E-state index contributed by atoms with van der Waals surface area (Å²) in [7, 11) is 1.75. The molecule has 1 aliphatic rings. The largest absolute Gasteiger partial charge is 0.457 e. The van der Waals surface area contributed by atoms with Gasteiger partial charge in [-0.1, -0.05) is 12.1 Å². The van der Waals surface area contributed by atoms with Crippen molar-refractivity contribution < 1.29 is 14.3 Å². The molecule has 0 bridgehead atoms. The molecule has 138 valence electrons. The highest BCUT2D eigenvalue weighted by molar-refractivity contribution is 5.86. The van der Waals surface area contributed by atoms with Crippen LogP contribution < -0.4 is 4.74 Å². The van der Waals surface area contributed by atoms with Crippen molar-refractivity contribution >= 4 is 11.8 Å². The Bertz CT molecular complexity index is 900. The molecule has 0 radical (unpaired) electrons. The minimum absolute atomic E-state index is 0.0314. The smallest absolute Gasteiger partial charge is 0.241 e. The zero-order valence-corrected chi connectivity index (χ0v) is 15.4. The second-order valence-corrected chi connectivity index (χ2v) is 6.64. The number of benzene rings is 2. The third-order valence-corrected chi connectivity index (χ3v) is 4.64. The Balaban J connectivity index is 1.60. The number of likely N-dealkylation sites (N-methyl/N-ethyl adjacent to an activating group) is 1. The van der Waals surface area contributed by atoms with Crippen molar-refractivity contribution in [3.05, 3.63) is 59.2 Å². The molecule has 0 unspecified atom stereocenters. The van der Waals surface area contributed by atoms with Gasteiger partial charge in [0.15, 0.2) is 0 Å². The maximum atomic E-state index is 12.4. The summed E-state index contributed by atoms with van der Waals surface area (Å²) in [6, 6.07) is 14.8. The van der Waals surface area contributed by atoms with E-state index >= 15 is 0 Å². The predicted molar refractivity (Wildman–Crippen MR) is 100 cm³/mol. The fourth-order valence-corrected chi connectivity index (χ4v) is 2.89. The summed E-state index contributed by atoms with van der Waals surface area (Å²) >= 11 is 0. The van der Waals surface area contributed by atoms with E-state index in [0.717, 1.165) is 11.1 Å². The molecule has 6 heteroatoms. The number of aryl methyl sites for hydroxylation is 1. The molecule has 0 saturated carbocycles. The summed E-state index contributed by atoms with van der Waals surface area (Å²) in [5, 5.41) is 8.98. The molecule has 6 nitrogen and oxygen atoms in total. The van der Waals surface area contributed by atoms with Gasteiger partial charge in [-0.3, -0.25) is 9.59 Å². The molecule has 1 heterocycles. The number of amides is 2. The molecule has 0 N–H and O–H groups in total. The van der Waals surface area contributed by atoms with Crippen molar-refractivity contribution in [2.45, 2.75) is 13.3 Å². The Morgan fingerprint density at radius 2 is 1.85 bits per heavy atom. The van der Waals surface area contributed by atoms with E-state index in [-0.39, 0.29) is 24.8 Å². The highest BCUT2D eigenvalue weighted by Gasteiger charge is 2.24. The van der Waals surface area contributed by atoms with Crippen molar-refractivity contribution in [1.29, 1.82) is 5.26 Å². The lowest BCUT2D eigenvalue weighted by Crippen LogP contribution is -2.51. The summed E-state index contributed by atoms with van der Waals surface area (Å²) < 4.78 is 5.81. The van der Waals surface area contributed by atoms with Gasteiger partial charge in [0.2, 0.25) is 11.8 Å². The Hall–Kier alpha value is -3.33. The number of hydrogen-bond acceptors (Lipinski definition) is 4. The zero-order valence-electron chi connectivity index (χ0n) is 15.4. The van der Waals surface area contributed by atoms with Crippen molar-refractivity contribution in [1.82, 2.24) is 9.80 Å². The van der Waals surface area contributed by atoms with Crippen LogP contribution in [-0.2, 0) is 16.0 Å². The number of hydrogen-bond donors (Lipinski definition) is 0. The molecule has 3 rings (SSSR count). The van der Waals surface area contributed by atoms with Crippen LogP contribution in [0.4, 0.5) is 0 Å². The van der Waals surface area contributed by atoms with Gasteiger partial charge >= 0.3 is 0 Å². The third kappa shape index (κ3) is 4.45. The van der Waals surface area contributed by atoms with Crippen molar-refractivity contribution in [3.8, 4) is 17.6 Å². The first-order valence-electron chi connectivity index (χ1n) is 8.75. The minimum Gasteiger partial charge on any atom is -0.457 e. The van der Waals surface area contributed by atoms with Gasteiger partial charge in [0.25, 0.3) is 0 Å². The lowest BCUT2D eigenvalue weighted by Gasteiger charge is -2.32. The van der Waals surface area contributed by atoms with Crippen LogP contribution in [0.2, 0.25) is 0 Å². The molecule has 0 aliphatic carbocycles. The number of rotatable bonds is 4. The van der Waals surface area contributed by atoms with Crippen LogP contribution in [0.25, 0.3) is 0 Å². The molecule has 27 heavy (non-hydrogen) atoms. The third-order valence-electron chi connectivity index (χ3n) is 4.64. The molecule has 0 aromatic heterocycles. The van der Waals surface area contributed by atoms with E-state index in [1.807, 2.05) is 37.3 Å². The molecule has 0 spiro atoms. The van der Waals surface area contributed by atoms with E-state index in [9.17, 15) is 9.59 Å². The van der Waals surface area contributed by atoms with Gasteiger partial charge in [-0.05, 0) is 48.4 Å². The standard InChI is InChI=1S/C21H21N3O3/c1-15-11-19(8-5-17(15)13-22)27-18-6-3-16(4-7-18)12-20(25)24-10-9-23(2)21(26)14-24/h3-8,11H,9-10,12,14H2,1-2H3.